The number of ether oxygens (including phenoxy) is 1. The van der Waals surface area contributed by atoms with Crippen LogP contribution in [0.5, 0.6) is 0 Å². The Kier molecular flexibility index (Phi) is 6.88. The molecule has 1 aromatic carbocycles. The van der Waals surface area contributed by atoms with Gasteiger partial charge in [-0.05, 0) is 63.4 Å². The quantitative estimate of drug-likeness (QED) is 0.789. The molecule has 2 aliphatic heterocycles. The van der Waals surface area contributed by atoms with Crippen molar-refractivity contribution in [3.8, 4) is 0 Å². The molecule has 2 saturated heterocycles. The van der Waals surface area contributed by atoms with E-state index in [9.17, 15) is 4.79 Å². The van der Waals surface area contributed by atoms with Crippen molar-refractivity contribution < 1.29 is 9.53 Å². The standard InChI is InChI=1S/C21H32N2O2/c1-2-25-17-20-11-8-14-23(20)21(24)19-10-7-9-18(15-19)16-22-12-5-3-4-6-13-22/h7,9-10,15,20H,2-6,8,11-14,16-17H2,1H3/t20-/m0/s1. The molecule has 1 amide bonds. The van der Waals surface area contributed by atoms with Gasteiger partial charge >= 0.3 is 0 Å². The van der Waals surface area contributed by atoms with E-state index in [0.717, 1.165) is 31.5 Å². The lowest BCUT2D eigenvalue weighted by atomic mass is 10.1. The van der Waals surface area contributed by atoms with E-state index in [0.29, 0.717) is 13.2 Å². The molecule has 2 aliphatic rings. The first-order chi connectivity index (χ1) is 12.3. The number of amides is 1. The zero-order chi connectivity index (χ0) is 17.5. The first-order valence-corrected chi connectivity index (χ1v) is 9.98. The molecular formula is C21H32N2O2. The third-order valence-electron chi connectivity index (χ3n) is 5.43. The van der Waals surface area contributed by atoms with Gasteiger partial charge in [0, 0.05) is 25.3 Å². The van der Waals surface area contributed by atoms with Gasteiger partial charge in [-0.15, -0.1) is 0 Å². The lowest BCUT2D eigenvalue weighted by molar-refractivity contribution is 0.0564. The molecule has 0 N–H and O–H groups in total. The Morgan fingerprint density at radius 2 is 1.92 bits per heavy atom. The summed E-state index contributed by atoms with van der Waals surface area (Å²) in [7, 11) is 0. The van der Waals surface area contributed by atoms with Crippen molar-refractivity contribution in [1.82, 2.24) is 9.80 Å². The highest BCUT2D eigenvalue weighted by molar-refractivity contribution is 5.94. The minimum Gasteiger partial charge on any atom is -0.380 e. The normalized spacial score (nSPS) is 22.1. The topological polar surface area (TPSA) is 32.8 Å². The summed E-state index contributed by atoms with van der Waals surface area (Å²) in [6, 6.07) is 8.49. The van der Waals surface area contributed by atoms with E-state index in [-0.39, 0.29) is 11.9 Å². The Balaban J connectivity index is 1.64. The Morgan fingerprint density at radius 1 is 1.12 bits per heavy atom. The van der Waals surface area contributed by atoms with Gasteiger partial charge in [-0.25, -0.2) is 0 Å². The molecule has 0 aliphatic carbocycles. The van der Waals surface area contributed by atoms with Crippen molar-refractivity contribution in [3.05, 3.63) is 35.4 Å². The van der Waals surface area contributed by atoms with Gasteiger partial charge in [0.15, 0.2) is 0 Å². The number of carbonyl (C=O) groups excluding carboxylic acids is 1. The second kappa shape index (κ2) is 9.35. The highest BCUT2D eigenvalue weighted by Crippen LogP contribution is 2.21. The van der Waals surface area contributed by atoms with E-state index in [2.05, 4.69) is 17.0 Å². The molecule has 3 rings (SSSR count). The fourth-order valence-corrected chi connectivity index (χ4v) is 4.05. The molecule has 0 radical (unpaired) electrons. The third-order valence-corrected chi connectivity index (χ3v) is 5.43. The monoisotopic (exact) mass is 344 g/mol. The minimum atomic E-state index is 0.167. The van der Waals surface area contributed by atoms with Gasteiger partial charge in [-0.2, -0.15) is 0 Å². The Labute approximate surface area is 152 Å². The predicted molar refractivity (Wildman–Crippen MR) is 101 cm³/mol. The van der Waals surface area contributed by atoms with Gasteiger partial charge in [0.1, 0.15) is 0 Å². The second-order valence-corrected chi connectivity index (χ2v) is 7.34. The van der Waals surface area contributed by atoms with Crippen LogP contribution < -0.4 is 0 Å². The molecule has 0 saturated carbocycles. The molecule has 138 valence electrons. The van der Waals surface area contributed by atoms with E-state index >= 15 is 0 Å². The first-order valence-electron chi connectivity index (χ1n) is 9.98. The van der Waals surface area contributed by atoms with Crippen molar-refractivity contribution in [2.45, 2.75) is 58.0 Å². The number of carbonyl (C=O) groups is 1. The molecule has 2 heterocycles. The number of rotatable bonds is 6. The molecule has 4 heteroatoms. The largest absolute Gasteiger partial charge is 0.380 e. The van der Waals surface area contributed by atoms with Crippen molar-refractivity contribution in [2.24, 2.45) is 0 Å². The molecule has 0 bridgehead atoms. The Hall–Kier alpha value is -1.39. The first kappa shape index (κ1) is 18.4. The maximum absolute atomic E-state index is 13.0. The molecule has 0 unspecified atom stereocenters. The van der Waals surface area contributed by atoms with E-state index in [4.69, 9.17) is 4.74 Å². The van der Waals surface area contributed by atoms with Crippen molar-refractivity contribution in [1.29, 1.82) is 0 Å². The zero-order valence-corrected chi connectivity index (χ0v) is 15.6. The maximum Gasteiger partial charge on any atom is 0.254 e. The highest BCUT2D eigenvalue weighted by Gasteiger charge is 2.29. The molecule has 4 nitrogen and oxygen atoms in total. The summed E-state index contributed by atoms with van der Waals surface area (Å²) in [5.41, 5.74) is 2.09. The van der Waals surface area contributed by atoms with Crippen LogP contribution >= 0.6 is 0 Å². The smallest absolute Gasteiger partial charge is 0.254 e. The fourth-order valence-electron chi connectivity index (χ4n) is 4.05. The lowest BCUT2D eigenvalue weighted by Gasteiger charge is -2.25. The molecule has 25 heavy (non-hydrogen) atoms. The summed E-state index contributed by atoms with van der Waals surface area (Å²) >= 11 is 0. The Morgan fingerprint density at radius 3 is 2.68 bits per heavy atom. The minimum absolute atomic E-state index is 0.167. The van der Waals surface area contributed by atoms with Crippen molar-refractivity contribution >= 4 is 5.91 Å². The molecule has 0 spiro atoms. The molecule has 2 fully saturated rings. The van der Waals surface area contributed by atoms with Crippen LogP contribution in [0.25, 0.3) is 0 Å². The SMILES string of the molecule is CCOC[C@@H]1CCCN1C(=O)c1cccc(CN2CCCCCC2)c1. The van der Waals surface area contributed by atoms with Gasteiger partial charge in [0.25, 0.3) is 5.91 Å². The summed E-state index contributed by atoms with van der Waals surface area (Å²) in [5, 5.41) is 0. The average molecular weight is 344 g/mol. The average Bonchev–Trinajstić information content (AvgIpc) is 2.96. The van der Waals surface area contributed by atoms with Crippen LogP contribution in [0.4, 0.5) is 0 Å². The second-order valence-electron chi connectivity index (χ2n) is 7.34. The number of nitrogens with zero attached hydrogens (tertiary/aromatic N) is 2. The van der Waals surface area contributed by atoms with Crippen molar-refractivity contribution in [2.75, 3.05) is 32.8 Å². The maximum atomic E-state index is 13.0. The number of hydrogen-bond donors (Lipinski definition) is 0. The van der Waals surface area contributed by atoms with Gasteiger partial charge in [0.2, 0.25) is 0 Å². The van der Waals surface area contributed by atoms with Crippen LogP contribution in [0.1, 0.15) is 61.4 Å². The number of benzene rings is 1. The predicted octanol–water partition coefficient (Wildman–Crippen LogP) is 3.70. The van der Waals surface area contributed by atoms with E-state index in [1.807, 2.05) is 24.0 Å². The number of likely N-dealkylation sites (tertiary alicyclic amines) is 2. The van der Waals surface area contributed by atoms with Crippen molar-refractivity contribution in [3.63, 3.8) is 0 Å². The summed E-state index contributed by atoms with van der Waals surface area (Å²) < 4.78 is 5.57. The van der Waals surface area contributed by atoms with Crippen LogP contribution in [0.15, 0.2) is 24.3 Å². The molecular weight excluding hydrogens is 312 g/mol. The van der Waals surface area contributed by atoms with Gasteiger partial charge in [-0.1, -0.05) is 25.0 Å². The van der Waals surface area contributed by atoms with Gasteiger partial charge in [-0.3, -0.25) is 9.69 Å². The summed E-state index contributed by atoms with van der Waals surface area (Å²) in [5.74, 6) is 0.167. The third kappa shape index (κ3) is 5.05. The number of hydrogen-bond acceptors (Lipinski definition) is 3. The van der Waals surface area contributed by atoms with E-state index in [1.165, 1.54) is 44.3 Å². The molecule has 1 atom stereocenters. The van der Waals surface area contributed by atoms with Crippen LogP contribution in [-0.2, 0) is 11.3 Å². The van der Waals surface area contributed by atoms with E-state index in [1.54, 1.807) is 0 Å². The Bertz CT molecular complexity index is 553. The van der Waals surface area contributed by atoms with Crippen LogP contribution in [-0.4, -0.2) is 54.6 Å². The molecule has 1 aromatic rings. The van der Waals surface area contributed by atoms with Crippen LogP contribution in [0, 0.1) is 0 Å². The summed E-state index contributed by atoms with van der Waals surface area (Å²) in [6.07, 6.45) is 7.43. The lowest BCUT2D eigenvalue weighted by Crippen LogP contribution is -2.38. The molecule has 0 aromatic heterocycles. The fraction of sp³-hybridized carbons (Fsp3) is 0.667. The highest BCUT2D eigenvalue weighted by atomic mass is 16.5. The summed E-state index contributed by atoms with van der Waals surface area (Å²) in [4.78, 5) is 17.5. The zero-order valence-electron chi connectivity index (χ0n) is 15.6. The summed E-state index contributed by atoms with van der Waals surface area (Å²) in [6.45, 7) is 7.56. The van der Waals surface area contributed by atoms with E-state index < -0.39 is 0 Å². The van der Waals surface area contributed by atoms with Crippen LogP contribution in [0.2, 0.25) is 0 Å². The van der Waals surface area contributed by atoms with Gasteiger partial charge in [0.05, 0.1) is 12.6 Å². The van der Waals surface area contributed by atoms with Crippen LogP contribution in [0.3, 0.4) is 0 Å². The van der Waals surface area contributed by atoms with Gasteiger partial charge < -0.3 is 9.64 Å².